The Morgan fingerprint density at radius 2 is 2.05 bits per heavy atom. The number of rotatable bonds is 6. The van der Waals surface area contributed by atoms with E-state index in [1.165, 1.54) is 6.07 Å². The number of anilines is 1. The molecule has 112 valence electrons. The molecule has 0 atom stereocenters. The van der Waals surface area contributed by atoms with Crippen molar-refractivity contribution >= 4 is 21.2 Å². The second-order valence-corrected chi connectivity index (χ2v) is 6.03. The van der Waals surface area contributed by atoms with E-state index in [2.05, 4.69) is 5.32 Å². The molecule has 0 spiro atoms. The number of nitro groups is 1. The number of hydrogen-bond donors (Lipinski definition) is 2. The van der Waals surface area contributed by atoms with Crippen LogP contribution < -0.4 is 5.32 Å². The van der Waals surface area contributed by atoms with Crippen LogP contribution in [0.2, 0.25) is 0 Å². The lowest BCUT2D eigenvalue weighted by molar-refractivity contribution is -0.386. The van der Waals surface area contributed by atoms with Crippen LogP contribution >= 0.6 is 0 Å². The van der Waals surface area contributed by atoms with Gasteiger partial charge < -0.3 is 10.4 Å². The molecule has 20 heavy (non-hydrogen) atoms. The first-order chi connectivity index (χ1) is 9.08. The molecule has 7 nitrogen and oxygen atoms in total. The third kappa shape index (κ3) is 3.84. The SMILES string of the molecule is CS(=O)(=O)c1cccc(NCC(F)(F)CO)c1[N+](=O)[O-]. The molecule has 0 bridgehead atoms. The van der Waals surface area contributed by atoms with E-state index in [0.717, 1.165) is 18.4 Å². The fourth-order valence-electron chi connectivity index (χ4n) is 1.43. The summed E-state index contributed by atoms with van der Waals surface area (Å²) in [5, 5.41) is 21.4. The molecule has 10 heteroatoms. The highest BCUT2D eigenvalue weighted by Gasteiger charge is 2.30. The summed E-state index contributed by atoms with van der Waals surface area (Å²) in [4.78, 5) is 9.42. The van der Waals surface area contributed by atoms with Gasteiger partial charge in [0.05, 0.1) is 11.5 Å². The highest BCUT2D eigenvalue weighted by atomic mass is 32.2. The maximum Gasteiger partial charge on any atom is 0.310 e. The number of alkyl halides is 2. The fourth-order valence-corrected chi connectivity index (χ4v) is 2.29. The third-order valence-corrected chi connectivity index (χ3v) is 3.48. The smallest absolute Gasteiger partial charge is 0.310 e. The zero-order chi connectivity index (χ0) is 15.6. The van der Waals surface area contributed by atoms with Gasteiger partial charge in [0.1, 0.15) is 17.2 Å². The van der Waals surface area contributed by atoms with E-state index in [1.807, 2.05) is 0 Å². The number of aliphatic hydroxyl groups excluding tert-OH is 1. The summed E-state index contributed by atoms with van der Waals surface area (Å²) in [6.45, 7) is -2.49. The van der Waals surface area contributed by atoms with Gasteiger partial charge in [0.15, 0.2) is 9.84 Å². The quantitative estimate of drug-likeness (QED) is 0.600. The van der Waals surface area contributed by atoms with Crippen LogP contribution in [0.1, 0.15) is 0 Å². The molecule has 0 radical (unpaired) electrons. The van der Waals surface area contributed by atoms with E-state index >= 15 is 0 Å². The number of nitrogens with one attached hydrogen (secondary N) is 1. The lowest BCUT2D eigenvalue weighted by atomic mass is 10.2. The van der Waals surface area contributed by atoms with E-state index < -0.39 is 44.4 Å². The molecule has 0 unspecified atom stereocenters. The number of halogens is 2. The summed E-state index contributed by atoms with van der Waals surface area (Å²) in [7, 11) is -3.88. The average molecular weight is 310 g/mol. The van der Waals surface area contributed by atoms with Crippen LogP contribution in [0.3, 0.4) is 0 Å². The number of benzene rings is 1. The van der Waals surface area contributed by atoms with Crippen LogP contribution in [-0.4, -0.2) is 43.8 Å². The molecule has 0 amide bonds. The van der Waals surface area contributed by atoms with Crippen LogP contribution in [-0.2, 0) is 9.84 Å². The summed E-state index contributed by atoms with van der Waals surface area (Å²) in [6.07, 6.45) is 0.779. The number of nitro benzene ring substituents is 1. The zero-order valence-electron chi connectivity index (χ0n) is 10.3. The molecule has 0 saturated heterocycles. The van der Waals surface area contributed by atoms with Gasteiger partial charge in [-0.3, -0.25) is 10.1 Å². The first-order valence-electron chi connectivity index (χ1n) is 5.28. The normalized spacial score (nSPS) is 12.2. The monoisotopic (exact) mass is 310 g/mol. The number of sulfone groups is 1. The predicted molar refractivity (Wildman–Crippen MR) is 66.7 cm³/mol. The van der Waals surface area contributed by atoms with Crippen molar-refractivity contribution < 1.29 is 27.2 Å². The molecule has 0 fully saturated rings. The number of nitrogens with zero attached hydrogens (tertiary/aromatic N) is 1. The minimum atomic E-state index is -3.88. The van der Waals surface area contributed by atoms with E-state index in [1.54, 1.807) is 0 Å². The van der Waals surface area contributed by atoms with Gasteiger partial charge in [-0.15, -0.1) is 0 Å². The van der Waals surface area contributed by atoms with Crippen molar-refractivity contribution in [1.82, 2.24) is 0 Å². The zero-order valence-corrected chi connectivity index (χ0v) is 11.2. The minimum absolute atomic E-state index is 0.356. The van der Waals surface area contributed by atoms with Crippen molar-refractivity contribution in [3.63, 3.8) is 0 Å². The Morgan fingerprint density at radius 3 is 2.50 bits per heavy atom. The summed E-state index contributed by atoms with van der Waals surface area (Å²) in [5.41, 5.74) is -1.16. The van der Waals surface area contributed by atoms with E-state index in [0.29, 0.717) is 0 Å². The predicted octanol–water partition coefficient (Wildman–Crippen LogP) is 1.04. The highest BCUT2D eigenvalue weighted by molar-refractivity contribution is 7.90. The van der Waals surface area contributed by atoms with Crippen LogP contribution in [0.15, 0.2) is 23.1 Å². The molecule has 1 aromatic carbocycles. The van der Waals surface area contributed by atoms with Gasteiger partial charge in [0.2, 0.25) is 0 Å². The minimum Gasteiger partial charge on any atom is -0.390 e. The Bertz CT molecular complexity index is 618. The van der Waals surface area contributed by atoms with Crippen molar-refractivity contribution in [2.45, 2.75) is 10.8 Å². The van der Waals surface area contributed by atoms with Gasteiger partial charge in [0, 0.05) is 6.26 Å². The van der Waals surface area contributed by atoms with Gasteiger partial charge >= 0.3 is 5.69 Å². The van der Waals surface area contributed by atoms with Crippen molar-refractivity contribution in [1.29, 1.82) is 0 Å². The van der Waals surface area contributed by atoms with Crippen molar-refractivity contribution in [2.24, 2.45) is 0 Å². The van der Waals surface area contributed by atoms with E-state index in [9.17, 15) is 27.3 Å². The topological polar surface area (TPSA) is 110 Å². The Morgan fingerprint density at radius 1 is 1.45 bits per heavy atom. The molecule has 0 aliphatic rings. The van der Waals surface area contributed by atoms with E-state index in [-0.39, 0.29) is 5.69 Å². The standard InChI is InChI=1S/C10H12F2N2O5S/c1-20(18,19)8-4-2-3-7(9(8)14(16)17)13-5-10(11,12)6-15/h2-4,13,15H,5-6H2,1H3. The molecule has 2 N–H and O–H groups in total. The molecule has 0 aromatic heterocycles. The maximum absolute atomic E-state index is 12.9. The molecule has 0 heterocycles. The van der Waals surface area contributed by atoms with Gasteiger partial charge in [-0.1, -0.05) is 6.07 Å². The molecule has 0 aliphatic carbocycles. The molecule has 1 aromatic rings. The second kappa shape index (κ2) is 5.67. The Balaban J connectivity index is 3.25. The first kappa shape index (κ1) is 16.2. The maximum atomic E-state index is 12.9. The Labute approximate surface area is 113 Å². The molecule has 1 rings (SSSR count). The first-order valence-corrected chi connectivity index (χ1v) is 7.17. The van der Waals surface area contributed by atoms with Gasteiger partial charge in [-0.2, -0.15) is 0 Å². The lowest BCUT2D eigenvalue weighted by Crippen LogP contribution is -2.31. The molecular formula is C10H12F2N2O5S. The number of hydrogen-bond acceptors (Lipinski definition) is 6. The van der Waals surface area contributed by atoms with Crippen molar-refractivity contribution in [3.05, 3.63) is 28.3 Å². The summed E-state index contributed by atoms with van der Waals surface area (Å²) in [5.74, 6) is -3.48. The lowest BCUT2D eigenvalue weighted by Gasteiger charge is -2.15. The van der Waals surface area contributed by atoms with Crippen LogP contribution in [0.25, 0.3) is 0 Å². The van der Waals surface area contributed by atoms with E-state index in [4.69, 9.17) is 5.11 Å². The summed E-state index contributed by atoms with van der Waals surface area (Å²) >= 11 is 0. The number of aliphatic hydroxyl groups is 1. The largest absolute Gasteiger partial charge is 0.390 e. The molecule has 0 aliphatic heterocycles. The summed E-state index contributed by atoms with van der Waals surface area (Å²) in [6, 6.07) is 3.33. The molecule has 0 saturated carbocycles. The van der Waals surface area contributed by atoms with Crippen LogP contribution in [0, 0.1) is 10.1 Å². The fraction of sp³-hybridized carbons (Fsp3) is 0.400. The second-order valence-electron chi connectivity index (χ2n) is 4.05. The Kier molecular flexibility index (Phi) is 4.61. The van der Waals surface area contributed by atoms with Gasteiger partial charge in [-0.25, -0.2) is 17.2 Å². The molecular weight excluding hydrogens is 298 g/mol. The highest BCUT2D eigenvalue weighted by Crippen LogP contribution is 2.32. The van der Waals surface area contributed by atoms with Gasteiger partial charge in [-0.05, 0) is 12.1 Å². The van der Waals surface area contributed by atoms with Crippen molar-refractivity contribution in [2.75, 3.05) is 24.7 Å². The third-order valence-electron chi connectivity index (χ3n) is 2.35. The van der Waals surface area contributed by atoms with Crippen LogP contribution in [0.4, 0.5) is 20.2 Å². The summed E-state index contributed by atoms with van der Waals surface area (Å²) < 4.78 is 48.7. The van der Waals surface area contributed by atoms with Crippen LogP contribution in [0.5, 0.6) is 0 Å². The Hall–Kier alpha value is -1.81. The van der Waals surface area contributed by atoms with Crippen molar-refractivity contribution in [3.8, 4) is 0 Å². The number of para-hydroxylation sites is 1. The average Bonchev–Trinajstić information content (AvgIpc) is 2.34. The van der Waals surface area contributed by atoms with Gasteiger partial charge in [0.25, 0.3) is 5.92 Å².